The van der Waals surface area contributed by atoms with Crippen LogP contribution in [0.4, 0.5) is 4.39 Å². The Bertz CT molecular complexity index is 632. The van der Waals surface area contributed by atoms with Gasteiger partial charge in [-0.05, 0) is 61.7 Å². The second kappa shape index (κ2) is 6.71. The molecule has 0 aliphatic rings. The minimum atomic E-state index is -0.187. The lowest BCUT2D eigenvalue weighted by Gasteiger charge is -2.23. The first kappa shape index (κ1) is 16.2. The maximum atomic E-state index is 14.4. The van der Waals surface area contributed by atoms with Crippen LogP contribution in [0.5, 0.6) is 0 Å². The number of halogens is 2. The van der Waals surface area contributed by atoms with Crippen LogP contribution < -0.4 is 5.32 Å². The fourth-order valence-electron chi connectivity index (χ4n) is 2.65. The minimum absolute atomic E-state index is 0.148. The predicted molar refractivity (Wildman–Crippen MR) is 90.3 cm³/mol. The fourth-order valence-corrected chi connectivity index (χ4v) is 3.22. The third kappa shape index (κ3) is 3.35. The summed E-state index contributed by atoms with van der Waals surface area (Å²) in [5, 5.41) is 3.41. The second-order valence-corrected chi connectivity index (χ2v) is 6.27. The molecule has 21 heavy (non-hydrogen) atoms. The molecule has 2 aromatic carbocycles. The number of benzene rings is 2. The monoisotopic (exact) mass is 349 g/mol. The Labute approximate surface area is 134 Å². The molecule has 0 aliphatic carbocycles. The van der Waals surface area contributed by atoms with E-state index in [4.69, 9.17) is 0 Å². The van der Waals surface area contributed by atoms with E-state index in [0.29, 0.717) is 5.56 Å². The Kier molecular flexibility index (Phi) is 5.17. The van der Waals surface area contributed by atoms with E-state index >= 15 is 0 Å². The van der Waals surface area contributed by atoms with E-state index in [1.165, 1.54) is 22.8 Å². The van der Waals surface area contributed by atoms with E-state index in [0.717, 1.165) is 16.6 Å². The highest BCUT2D eigenvalue weighted by atomic mass is 79.9. The van der Waals surface area contributed by atoms with Gasteiger partial charge in [-0.2, -0.15) is 0 Å². The normalized spacial score (nSPS) is 12.5. The highest BCUT2D eigenvalue weighted by molar-refractivity contribution is 9.10. The number of aryl methyl sites for hydroxylation is 3. The van der Waals surface area contributed by atoms with E-state index in [1.54, 1.807) is 6.07 Å². The van der Waals surface area contributed by atoms with Gasteiger partial charge in [-0.15, -0.1) is 0 Å². The maximum Gasteiger partial charge on any atom is 0.129 e. The largest absolute Gasteiger partial charge is 0.306 e. The highest BCUT2D eigenvalue weighted by Gasteiger charge is 2.21. The van der Waals surface area contributed by atoms with Gasteiger partial charge in [-0.3, -0.25) is 0 Å². The Morgan fingerprint density at radius 3 is 2.38 bits per heavy atom. The lowest BCUT2D eigenvalue weighted by molar-refractivity contribution is 0.555. The lowest BCUT2D eigenvalue weighted by atomic mass is 9.91. The summed E-state index contributed by atoms with van der Waals surface area (Å²) in [4.78, 5) is 0. The van der Waals surface area contributed by atoms with Crippen LogP contribution in [0.2, 0.25) is 0 Å². The Balaban J connectivity index is 2.62. The molecule has 0 saturated carbocycles. The van der Waals surface area contributed by atoms with Gasteiger partial charge in [0, 0.05) is 10.0 Å². The average molecular weight is 350 g/mol. The van der Waals surface area contributed by atoms with Crippen LogP contribution in [0, 0.1) is 26.6 Å². The number of hydrogen-bond acceptors (Lipinski definition) is 1. The first-order valence-corrected chi connectivity index (χ1v) is 8.00. The molecule has 0 fully saturated rings. The first-order valence-electron chi connectivity index (χ1n) is 7.20. The molecule has 0 aliphatic heterocycles. The Hall–Kier alpha value is -1.19. The number of rotatable bonds is 4. The van der Waals surface area contributed by atoms with Crippen molar-refractivity contribution in [2.75, 3.05) is 6.54 Å². The van der Waals surface area contributed by atoms with Crippen molar-refractivity contribution in [2.24, 2.45) is 0 Å². The van der Waals surface area contributed by atoms with Crippen molar-refractivity contribution in [2.45, 2.75) is 33.7 Å². The van der Waals surface area contributed by atoms with E-state index < -0.39 is 0 Å². The highest BCUT2D eigenvalue weighted by Crippen LogP contribution is 2.33. The lowest BCUT2D eigenvalue weighted by Crippen LogP contribution is -2.24. The molecule has 1 N–H and O–H groups in total. The maximum absolute atomic E-state index is 14.4. The molecule has 112 valence electrons. The molecule has 0 amide bonds. The van der Waals surface area contributed by atoms with Crippen molar-refractivity contribution in [3.8, 4) is 0 Å². The third-order valence-corrected chi connectivity index (χ3v) is 4.58. The van der Waals surface area contributed by atoms with Crippen molar-refractivity contribution in [3.63, 3.8) is 0 Å². The second-order valence-electron chi connectivity index (χ2n) is 5.42. The first-order chi connectivity index (χ1) is 9.95. The molecule has 1 unspecified atom stereocenters. The van der Waals surface area contributed by atoms with Crippen molar-refractivity contribution in [1.29, 1.82) is 0 Å². The summed E-state index contributed by atoms with van der Waals surface area (Å²) in [5.41, 5.74) is 5.47. The SMILES string of the molecule is CCNC(c1cc(C)c(C)cc1C)c1c(F)cccc1Br. The zero-order valence-electron chi connectivity index (χ0n) is 12.9. The number of nitrogens with one attached hydrogen (secondary N) is 1. The zero-order chi connectivity index (χ0) is 15.6. The Morgan fingerprint density at radius 1 is 1.10 bits per heavy atom. The van der Waals surface area contributed by atoms with Gasteiger partial charge >= 0.3 is 0 Å². The van der Waals surface area contributed by atoms with Gasteiger partial charge in [0.1, 0.15) is 5.82 Å². The van der Waals surface area contributed by atoms with Gasteiger partial charge in [0.15, 0.2) is 0 Å². The molecule has 2 aromatic rings. The van der Waals surface area contributed by atoms with Gasteiger partial charge in [-0.1, -0.05) is 41.1 Å². The number of hydrogen-bond donors (Lipinski definition) is 1. The molecule has 0 bridgehead atoms. The molecule has 3 heteroatoms. The summed E-state index contributed by atoms with van der Waals surface area (Å²) < 4.78 is 15.1. The van der Waals surface area contributed by atoms with Crippen LogP contribution >= 0.6 is 15.9 Å². The summed E-state index contributed by atoms with van der Waals surface area (Å²) in [6, 6.07) is 9.31. The molecular weight excluding hydrogens is 329 g/mol. The van der Waals surface area contributed by atoms with Gasteiger partial charge in [0.05, 0.1) is 6.04 Å². The average Bonchev–Trinajstić information content (AvgIpc) is 2.42. The molecule has 0 aromatic heterocycles. The van der Waals surface area contributed by atoms with Crippen molar-refractivity contribution in [3.05, 3.63) is 68.4 Å². The molecule has 0 saturated heterocycles. The van der Waals surface area contributed by atoms with Crippen LogP contribution in [0.3, 0.4) is 0 Å². The predicted octanol–water partition coefficient (Wildman–Crippen LogP) is 5.21. The van der Waals surface area contributed by atoms with Crippen LogP contribution in [0.1, 0.15) is 40.8 Å². The minimum Gasteiger partial charge on any atom is -0.306 e. The summed E-state index contributed by atoms with van der Waals surface area (Å²) in [6.07, 6.45) is 0. The summed E-state index contributed by atoms with van der Waals surface area (Å²) in [6.45, 7) is 9.10. The van der Waals surface area contributed by atoms with Crippen LogP contribution in [-0.2, 0) is 0 Å². The molecule has 0 radical (unpaired) electrons. The molecular formula is C18H21BrFN. The van der Waals surface area contributed by atoms with E-state index in [1.807, 2.05) is 13.0 Å². The Morgan fingerprint density at radius 2 is 1.76 bits per heavy atom. The summed E-state index contributed by atoms with van der Waals surface area (Å²) in [5.74, 6) is -0.187. The van der Waals surface area contributed by atoms with Crippen LogP contribution in [0.15, 0.2) is 34.8 Å². The topological polar surface area (TPSA) is 12.0 Å². The van der Waals surface area contributed by atoms with E-state index in [2.05, 4.69) is 54.2 Å². The summed E-state index contributed by atoms with van der Waals surface area (Å²) in [7, 11) is 0. The van der Waals surface area contributed by atoms with Gasteiger partial charge in [0.2, 0.25) is 0 Å². The van der Waals surface area contributed by atoms with Gasteiger partial charge < -0.3 is 5.32 Å². The molecule has 0 heterocycles. The zero-order valence-corrected chi connectivity index (χ0v) is 14.5. The third-order valence-electron chi connectivity index (χ3n) is 3.89. The van der Waals surface area contributed by atoms with E-state index in [9.17, 15) is 4.39 Å². The smallest absolute Gasteiger partial charge is 0.129 e. The molecule has 2 rings (SSSR count). The van der Waals surface area contributed by atoms with Gasteiger partial charge in [-0.25, -0.2) is 4.39 Å². The van der Waals surface area contributed by atoms with Gasteiger partial charge in [0.25, 0.3) is 0 Å². The quantitative estimate of drug-likeness (QED) is 0.798. The molecule has 1 atom stereocenters. The van der Waals surface area contributed by atoms with Crippen molar-refractivity contribution in [1.82, 2.24) is 5.32 Å². The standard InChI is InChI=1S/C18H21BrFN/c1-5-21-18(17-15(19)7-6-8-16(17)20)14-10-12(3)11(2)9-13(14)4/h6-10,18,21H,5H2,1-4H3. The summed E-state index contributed by atoms with van der Waals surface area (Å²) >= 11 is 3.49. The van der Waals surface area contributed by atoms with E-state index in [-0.39, 0.29) is 11.9 Å². The van der Waals surface area contributed by atoms with Crippen LogP contribution in [-0.4, -0.2) is 6.54 Å². The molecule has 1 nitrogen and oxygen atoms in total. The van der Waals surface area contributed by atoms with Crippen molar-refractivity contribution < 1.29 is 4.39 Å². The van der Waals surface area contributed by atoms with Crippen molar-refractivity contribution >= 4 is 15.9 Å². The van der Waals surface area contributed by atoms with Crippen LogP contribution in [0.25, 0.3) is 0 Å². The fraction of sp³-hybridized carbons (Fsp3) is 0.333. The molecule has 0 spiro atoms.